The lowest BCUT2D eigenvalue weighted by molar-refractivity contribution is -0.156. The minimum absolute atomic E-state index is 0.0899. The number of H-pyrrole nitrogens is 2. The first-order chi connectivity index (χ1) is 10.8. The molecule has 0 bridgehead atoms. The number of nitrogens with one attached hydrogen (secondary N) is 2. The van der Waals surface area contributed by atoms with Crippen LogP contribution in [0.4, 0.5) is 4.39 Å². The van der Waals surface area contributed by atoms with Crippen molar-refractivity contribution in [2.24, 2.45) is 5.92 Å². The van der Waals surface area contributed by atoms with Gasteiger partial charge in [-0.25, -0.2) is 4.39 Å². The first kappa shape index (κ1) is 15.5. The van der Waals surface area contributed by atoms with Gasteiger partial charge in [-0.3, -0.25) is 14.7 Å². The molecule has 0 fully saturated rings. The molecule has 6 nitrogen and oxygen atoms in total. The van der Waals surface area contributed by atoms with E-state index in [0.29, 0.717) is 16.8 Å². The van der Waals surface area contributed by atoms with Crippen molar-refractivity contribution in [3.8, 4) is 0 Å². The van der Waals surface area contributed by atoms with Crippen LogP contribution >= 0.6 is 0 Å². The quantitative estimate of drug-likeness (QED) is 0.721. The number of benzene rings is 1. The molecule has 1 aromatic heterocycles. The molecule has 0 radical (unpaired) electrons. The zero-order valence-corrected chi connectivity index (χ0v) is 12.7. The number of aromatic amines is 2. The van der Waals surface area contributed by atoms with Crippen LogP contribution in [0.1, 0.15) is 29.7 Å². The van der Waals surface area contributed by atoms with E-state index in [-0.39, 0.29) is 6.42 Å². The second kappa shape index (κ2) is 5.34. The number of carbonyl (C=O) groups excluding carboxylic acids is 1. The molecule has 1 aliphatic carbocycles. The monoisotopic (exact) mass is 320 g/mol. The number of carbonyl (C=O) groups is 1. The van der Waals surface area contributed by atoms with Crippen LogP contribution in [-0.2, 0) is 16.0 Å². The largest absolute Gasteiger partial charge is 0.469 e. The molecule has 1 aliphatic rings. The Balaban J connectivity index is 2.26. The molecule has 2 aromatic rings. The van der Waals surface area contributed by atoms with Crippen molar-refractivity contribution in [2.75, 3.05) is 7.11 Å². The summed E-state index contributed by atoms with van der Waals surface area (Å²) in [5.74, 6) is -2.94. The summed E-state index contributed by atoms with van der Waals surface area (Å²) in [6.45, 7) is 1.51. The highest BCUT2D eigenvalue weighted by molar-refractivity contribution is 5.77. The molecule has 7 heteroatoms. The Bertz CT molecular complexity index is 808. The zero-order valence-electron chi connectivity index (χ0n) is 12.7. The molecule has 0 spiro atoms. The number of fused-ring (bicyclic) bond motifs is 1. The van der Waals surface area contributed by atoms with Gasteiger partial charge < -0.3 is 14.9 Å². The molecule has 0 saturated carbocycles. The number of hydrogen-bond acceptors (Lipinski definition) is 4. The third-order valence-corrected chi connectivity index (χ3v) is 4.41. The van der Waals surface area contributed by atoms with Crippen LogP contribution < -0.4 is 5.56 Å². The summed E-state index contributed by atoms with van der Waals surface area (Å²) in [6.07, 6.45) is 0.0899. The van der Waals surface area contributed by atoms with Gasteiger partial charge in [-0.05, 0) is 24.6 Å². The lowest BCUT2D eigenvalue weighted by atomic mass is 9.66. The summed E-state index contributed by atoms with van der Waals surface area (Å²) in [5, 5.41) is 16.0. The standard InChI is InChI=1S/C16H17FN2O4/c1-16(22)7-10-12(14(20)19-18-10)11(13(16)15(21)23-2)8-4-3-5-9(17)6-8/h3-6,11,13,22H,7H2,1-2H3,(H2,18,19,20)/t11-,13-,16+/m0/s1. The van der Waals surface area contributed by atoms with E-state index in [1.54, 1.807) is 6.07 Å². The lowest BCUT2D eigenvalue weighted by Gasteiger charge is -2.40. The van der Waals surface area contributed by atoms with Gasteiger partial charge in [-0.2, -0.15) is 0 Å². The van der Waals surface area contributed by atoms with Crippen molar-refractivity contribution < 1.29 is 19.0 Å². The van der Waals surface area contributed by atoms with Gasteiger partial charge in [-0.15, -0.1) is 0 Å². The second-order valence-corrected chi connectivity index (χ2v) is 6.04. The van der Waals surface area contributed by atoms with Gasteiger partial charge in [0.25, 0.3) is 5.56 Å². The highest BCUT2D eigenvalue weighted by atomic mass is 19.1. The van der Waals surface area contributed by atoms with Gasteiger partial charge in [0.2, 0.25) is 0 Å². The maximum absolute atomic E-state index is 13.7. The maximum Gasteiger partial charge on any atom is 0.312 e. The summed E-state index contributed by atoms with van der Waals surface area (Å²) in [7, 11) is 1.22. The van der Waals surface area contributed by atoms with E-state index < -0.39 is 34.8 Å². The van der Waals surface area contributed by atoms with Crippen LogP contribution in [0.2, 0.25) is 0 Å². The first-order valence-corrected chi connectivity index (χ1v) is 7.20. The molecule has 1 aromatic carbocycles. The average molecular weight is 320 g/mol. The van der Waals surface area contributed by atoms with Crippen molar-refractivity contribution in [2.45, 2.75) is 24.9 Å². The number of methoxy groups -OCH3 is 1. The molecule has 23 heavy (non-hydrogen) atoms. The van der Waals surface area contributed by atoms with E-state index in [1.807, 2.05) is 0 Å². The highest BCUT2D eigenvalue weighted by Crippen LogP contribution is 2.44. The fourth-order valence-corrected chi connectivity index (χ4v) is 3.44. The van der Waals surface area contributed by atoms with E-state index in [1.165, 1.54) is 32.2 Å². The van der Waals surface area contributed by atoms with E-state index >= 15 is 0 Å². The molecule has 0 aliphatic heterocycles. The number of aliphatic hydroxyl groups is 1. The molecule has 1 heterocycles. The van der Waals surface area contributed by atoms with Crippen molar-refractivity contribution >= 4 is 5.97 Å². The zero-order chi connectivity index (χ0) is 16.8. The lowest BCUT2D eigenvalue weighted by Crippen LogP contribution is -2.49. The number of ether oxygens (including phenoxy) is 1. The van der Waals surface area contributed by atoms with Crippen LogP contribution in [0.25, 0.3) is 0 Å². The van der Waals surface area contributed by atoms with Crippen molar-refractivity contribution in [1.29, 1.82) is 0 Å². The van der Waals surface area contributed by atoms with Gasteiger partial charge >= 0.3 is 5.97 Å². The molecule has 0 saturated heterocycles. The summed E-state index contributed by atoms with van der Waals surface area (Å²) in [5.41, 5.74) is -0.556. The Morgan fingerprint density at radius 2 is 2.17 bits per heavy atom. The van der Waals surface area contributed by atoms with E-state index in [0.717, 1.165) is 0 Å². The normalized spacial score (nSPS) is 26.6. The molecule has 0 unspecified atom stereocenters. The van der Waals surface area contributed by atoms with E-state index in [2.05, 4.69) is 10.2 Å². The number of esters is 1. The molecule has 122 valence electrons. The Morgan fingerprint density at radius 3 is 2.83 bits per heavy atom. The third-order valence-electron chi connectivity index (χ3n) is 4.41. The minimum Gasteiger partial charge on any atom is -0.469 e. The first-order valence-electron chi connectivity index (χ1n) is 7.20. The number of aromatic nitrogens is 2. The van der Waals surface area contributed by atoms with Crippen LogP contribution in [0, 0.1) is 11.7 Å². The molecule has 3 rings (SSSR count). The predicted octanol–water partition coefficient (Wildman–Crippen LogP) is 1.07. The van der Waals surface area contributed by atoms with Gasteiger partial charge in [0.15, 0.2) is 0 Å². The Labute approximate surface area is 131 Å². The Kier molecular flexibility index (Phi) is 3.60. The second-order valence-electron chi connectivity index (χ2n) is 6.04. The van der Waals surface area contributed by atoms with Crippen LogP contribution in [0.5, 0.6) is 0 Å². The van der Waals surface area contributed by atoms with Crippen LogP contribution in [0.3, 0.4) is 0 Å². The Hall–Kier alpha value is -2.41. The summed E-state index contributed by atoms with van der Waals surface area (Å²) in [6, 6.07) is 5.67. The summed E-state index contributed by atoms with van der Waals surface area (Å²) < 4.78 is 18.5. The van der Waals surface area contributed by atoms with Crippen LogP contribution in [-0.4, -0.2) is 34.0 Å². The number of rotatable bonds is 2. The maximum atomic E-state index is 13.7. The van der Waals surface area contributed by atoms with Crippen molar-refractivity contribution in [3.63, 3.8) is 0 Å². The molecule has 3 N–H and O–H groups in total. The topological polar surface area (TPSA) is 95.2 Å². The fraction of sp³-hybridized carbons (Fsp3) is 0.375. The van der Waals surface area contributed by atoms with Gasteiger partial charge in [-0.1, -0.05) is 12.1 Å². The smallest absolute Gasteiger partial charge is 0.312 e. The molecular formula is C16H17FN2O4. The fourth-order valence-electron chi connectivity index (χ4n) is 3.44. The Morgan fingerprint density at radius 1 is 1.43 bits per heavy atom. The van der Waals surface area contributed by atoms with Gasteiger partial charge in [0, 0.05) is 23.6 Å². The van der Waals surface area contributed by atoms with Gasteiger partial charge in [0.1, 0.15) is 5.82 Å². The summed E-state index contributed by atoms with van der Waals surface area (Å²) >= 11 is 0. The molecule has 0 amide bonds. The third kappa shape index (κ3) is 2.46. The average Bonchev–Trinajstić information content (AvgIpc) is 2.84. The van der Waals surface area contributed by atoms with Gasteiger partial charge in [0.05, 0.1) is 18.6 Å². The van der Waals surface area contributed by atoms with Crippen molar-refractivity contribution in [1.82, 2.24) is 10.2 Å². The van der Waals surface area contributed by atoms with E-state index in [4.69, 9.17) is 4.74 Å². The summed E-state index contributed by atoms with van der Waals surface area (Å²) in [4.78, 5) is 24.5. The molecular weight excluding hydrogens is 303 g/mol. The molecule has 3 atom stereocenters. The van der Waals surface area contributed by atoms with E-state index in [9.17, 15) is 19.1 Å². The minimum atomic E-state index is -1.44. The number of halogens is 1. The van der Waals surface area contributed by atoms with Crippen LogP contribution in [0.15, 0.2) is 29.1 Å². The predicted molar refractivity (Wildman–Crippen MR) is 79.5 cm³/mol. The highest BCUT2D eigenvalue weighted by Gasteiger charge is 2.51. The number of hydrogen-bond donors (Lipinski definition) is 3. The van der Waals surface area contributed by atoms with Crippen molar-refractivity contribution in [3.05, 3.63) is 57.3 Å². The SMILES string of the molecule is COC(=O)[C@@H]1[C@@H](c2cccc(F)c2)c2c([nH][nH]c2=O)C[C@@]1(C)O.